The van der Waals surface area contributed by atoms with Crippen molar-refractivity contribution in [1.29, 1.82) is 0 Å². The van der Waals surface area contributed by atoms with Crippen molar-refractivity contribution >= 4 is 21.7 Å². The smallest absolute Gasteiger partial charge is 0.416 e. The van der Waals surface area contributed by atoms with E-state index in [1.807, 2.05) is 0 Å². The van der Waals surface area contributed by atoms with Crippen LogP contribution in [0.2, 0.25) is 0 Å². The third-order valence-electron chi connectivity index (χ3n) is 9.69. The monoisotopic (exact) mass is 747 g/mol. The molecule has 0 spiro atoms. The Kier molecular flexibility index (Phi) is 9.94. The summed E-state index contributed by atoms with van der Waals surface area (Å²) in [4.78, 5) is 31.2. The molecule has 1 saturated heterocycles. The Morgan fingerprint density at radius 1 is 0.962 bits per heavy atom. The van der Waals surface area contributed by atoms with Gasteiger partial charge in [0.25, 0.3) is 11.5 Å². The van der Waals surface area contributed by atoms with Crippen molar-refractivity contribution in [1.82, 2.24) is 24.5 Å². The van der Waals surface area contributed by atoms with Crippen molar-refractivity contribution in [3.8, 4) is 22.8 Å². The number of likely N-dealkylation sites (tertiary alicyclic amines) is 1. The van der Waals surface area contributed by atoms with Gasteiger partial charge in [0.15, 0.2) is 5.69 Å². The molecule has 1 aliphatic carbocycles. The van der Waals surface area contributed by atoms with Gasteiger partial charge in [0, 0.05) is 24.9 Å². The van der Waals surface area contributed by atoms with Gasteiger partial charge in [0.05, 0.1) is 67.5 Å². The highest BCUT2D eigenvalue weighted by atomic mass is 32.2. The van der Waals surface area contributed by atoms with Crippen LogP contribution in [-0.2, 0) is 23.3 Å². The Morgan fingerprint density at radius 2 is 1.60 bits per heavy atom. The third-order valence-corrected chi connectivity index (χ3v) is 10.5. The first-order valence-corrected chi connectivity index (χ1v) is 18.0. The average Bonchev–Trinajstić information content (AvgIpc) is 3.85. The highest BCUT2D eigenvalue weighted by molar-refractivity contribution is 7.85. The Balaban J connectivity index is 0.000000417. The molecule has 2 aromatic heterocycles. The lowest BCUT2D eigenvalue weighted by atomic mass is 10.0. The van der Waals surface area contributed by atoms with Crippen LogP contribution in [0.3, 0.4) is 0 Å². The average molecular weight is 748 g/mol. The van der Waals surface area contributed by atoms with Crippen LogP contribution in [-0.4, -0.2) is 75.7 Å². The number of fused-ring (bicyclic) bond motifs is 1. The molecule has 1 aliphatic heterocycles. The Morgan fingerprint density at radius 3 is 2.17 bits per heavy atom. The number of hydrogen-bond acceptors (Lipinski definition) is 6. The molecule has 3 heterocycles. The predicted octanol–water partition coefficient (Wildman–Crippen LogP) is 5.40. The third kappa shape index (κ3) is 7.82. The van der Waals surface area contributed by atoms with E-state index in [1.54, 1.807) is 36.4 Å². The number of nitrogens with zero attached hydrogens (tertiary/aromatic N) is 6. The number of nitrogens with one attached hydrogen (secondary N) is 1. The molecule has 2 fully saturated rings. The molecule has 2 aliphatic rings. The number of quaternary nitrogens is 1. The molecule has 7 rings (SSSR count). The lowest BCUT2D eigenvalue weighted by Crippen LogP contribution is -2.41. The first-order chi connectivity index (χ1) is 25.0. The highest BCUT2D eigenvalue weighted by Gasteiger charge is 2.47. The lowest BCUT2D eigenvalue weighted by Gasteiger charge is -2.25. The van der Waals surface area contributed by atoms with Gasteiger partial charge in [-0.3, -0.25) is 14.3 Å². The van der Waals surface area contributed by atoms with E-state index in [9.17, 15) is 35.7 Å². The molecule has 1 saturated carbocycles. The van der Waals surface area contributed by atoms with Gasteiger partial charge in [0.1, 0.15) is 21.4 Å². The summed E-state index contributed by atoms with van der Waals surface area (Å²) in [7, 11) is 1.69. The van der Waals surface area contributed by atoms with Crippen LogP contribution < -0.4 is 10.9 Å². The lowest BCUT2D eigenvalue weighted by molar-refractivity contribution is -0.881. The van der Waals surface area contributed by atoms with Gasteiger partial charge in [-0.05, 0) is 61.4 Å². The number of aromatic nitrogens is 4. The van der Waals surface area contributed by atoms with E-state index in [0.717, 1.165) is 47.2 Å². The molecule has 0 radical (unpaired) electrons. The van der Waals surface area contributed by atoms with Gasteiger partial charge < -0.3 is 14.4 Å². The number of rotatable bonds is 6. The van der Waals surface area contributed by atoms with E-state index >= 15 is 0 Å². The van der Waals surface area contributed by atoms with Crippen LogP contribution in [0.4, 0.5) is 18.9 Å². The van der Waals surface area contributed by atoms with Gasteiger partial charge in [-0.2, -0.15) is 18.3 Å². The van der Waals surface area contributed by atoms with Crippen molar-refractivity contribution in [3.63, 3.8) is 0 Å². The fraction of sp³-hybridized carbons (Fsp3) is 0.297. The van der Waals surface area contributed by atoms with Crippen LogP contribution >= 0.6 is 0 Å². The minimum atomic E-state index is -4.61. The maximum Gasteiger partial charge on any atom is 0.416 e. The second-order valence-electron chi connectivity index (χ2n) is 13.9. The molecule has 3 aromatic carbocycles. The first kappa shape index (κ1) is 37.3. The molecular formula is C37H36F3N7O5S. The fourth-order valence-electron chi connectivity index (χ4n) is 7.53. The van der Waals surface area contributed by atoms with E-state index in [0.29, 0.717) is 28.9 Å². The molecule has 1 unspecified atom stereocenters. The maximum atomic E-state index is 14.0. The van der Waals surface area contributed by atoms with Crippen molar-refractivity contribution in [2.24, 2.45) is 18.9 Å². The molecule has 3 atom stereocenters. The van der Waals surface area contributed by atoms with Crippen molar-refractivity contribution in [3.05, 3.63) is 124 Å². The number of carbonyl (C=O) groups is 1. The molecule has 1 amide bonds. The van der Waals surface area contributed by atoms with E-state index in [-0.39, 0.29) is 27.9 Å². The van der Waals surface area contributed by atoms with Crippen LogP contribution in [0.1, 0.15) is 28.8 Å². The largest absolute Gasteiger partial charge is 0.744 e. The predicted molar refractivity (Wildman–Crippen MR) is 189 cm³/mol. The molecule has 12 nitrogen and oxygen atoms in total. The minimum Gasteiger partial charge on any atom is -0.744 e. The fourth-order valence-corrected chi connectivity index (χ4v) is 8.02. The summed E-state index contributed by atoms with van der Waals surface area (Å²) in [5.74, 6) is 0.394. The number of hydrogen-bond donors (Lipinski definition) is 1. The number of amides is 1. The van der Waals surface area contributed by atoms with E-state index < -0.39 is 33.3 Å². The zero-order valence-electron chi connectivity index (χ0n) is 29.0. The second-order valence-corrected chi connectivity index (χ2v) is 15.3. The Hall–Kier alpha value is -5.50. The molecule has 1 N–H and O–H groups in total. The van der Waals surface area contributed by atoms with Crippen molar-refractivity contribution in [2.75, 3.05) is 27.2 Å². The van der Waals surface area contributed by atoms with Gasteiger partial charge in [-0.15, -0.1) is 0 Å². The summed E-state index contributed by atoms with van der Waals surface area (Å²) in [6.07, 6.45) is -1.47. The summed E-state index contributed by atoms with van der Waals surface area (Å²) in [6.45, 7) is 9.29. The summed E-state index contributed by atoms with van der Waals surface area (Å²) in [5.41, 5.74) is -0.212. The molecule has 276 valence electrons. The summed E-state index contributed by atoms with van der Waals surface area (Å²) >= 11 is 0. The van der Waals surface area contributed by atoms with E-state index in [1.165, 1.54) is 59.0 Å². The zero-order chi connectivity index (χ0) is 38.3. The van der Waals surface area contributed by atoms with Crippen LogP contribution in [0.15, 0.2) is 101 Å². The quantitative estimate of drug-likeness (QED) is 0.140. The molecule has 5 aromatic rings. The van der Waals surface area contributed by atoms with Crippen molar-refractivity contribution in [2.45, 2.75) is 30.0 Å². The second kappa shape index (κ2) is 14.1. The molecule has 0 bridgehead atoms. The first-order valence-electron chi connectivity index (χ1n) is 16.6. The van der Waals surface area contributed by atoms with Gasteiger partial charge in [-0.25, -0.2) is 22.6 Å². The van der Waals surface area contributed by atoms with Gasteiger partial charge in [0.2, 0.25) is 0 Å². The molecule has 16 heteroatoms. The summed E-state index contributed by atoms with van der Waals surface area (Å²) < 4.78 is 76.6. The van der Waals surface area contributed by atoms with E-state index in [2.05, 4.69) is 29.4 Å². The number of carbonyl (C=O) groups excluding carboxylic acids is 1. The Bertz CT molecular complexity index is 2340. The maximum absolute atomic E-state index is 14.0. The standard InChI is InChI=1S/C31H30F3N7O2.C6H6O3S/c1-35-22-8-10-24(11-9-22)39-26(12-13-36-39)28-27(29(42)37-23-14-19-17-41(3,4)18-20(19)15-23)30(43)40(38(28)2)25-7-5-6-21(16-25)31(32,33)34;7-10(8,9)6-4-2-1-3-5-6/h5-13,16,19-20,23H,14-15,17-18H2,2-4H3;1-5H,(H,7,8,9)/t19-,20+,23?;. The minimum absolute atomic E-state index is 0.0227. The SMILES string of the molecule is O=S(=O)([O-])c1ccccc1.[C-]#[N+]c1ccc(-n2nccc2-c2c(C(=O)NC3C[C@@H]4C[N+](C)(C)C[C@@H]4C3)c(=O)n(-c3cccc(C(F)(F)F)c3)n2C)cc1. The summed E-state index contributed by atoms with van der Waals surface area (Å²) in [6, 6.07) is 19.8. The highest BCUT2D eigenvalue weighted by Crippen LogP contribution is 2.40. The van der Waals surface area contributed by atoms with Crippen molar-refractivity contribution < 1.29 is 35.4 Å². The number of benzene rings is 3. The number of halogens is 3. The summed E-state index contributed by atoms with van der Waals surface area (Å²) in [5, 5.41) is 7.49. The van der Waals surface area contributed by atoms with Gasteiger partial charge in [-0.1, -0.05) is 36.4 Å². The molecule has 53 heavy (non-hydrogen) atoms. The van der Waals surface area contributed by atoms with Crippen LogP contribution in [0.25, 0.3) is 27.6 Å². The normalized spacial score (nSPS) is 19.2. The van der Waals surface area contributed by atoms with Crippen LogP contribution in [0.5, 0.6) is 0 Å². The Labute approximate surface area is 303 Å². The van der Waals surface area contributed by atoms with Gasteiger partial charge >= 0.3 is 6.18 Å². The van der Waals surface area contributed by atoms with E-state index in [4.69, 9.17) is 6.57 Å². The zero-order valence-corrected chi connectivity index (χ0v) is 29.8. The number of alkyl halides is 3. The topological polar surface area (TPSA) is 135 Å². The van der Waals surface area contributed by atoms with Crippen LogP contribution in [0, 0.1) is 18.4 Å². The molecular weight excluding hydrogens is 712 g/mol.